The van der Waals surface area contributed by atoms with Gasteiger partial charge in [-0.1, -0.05) is 6.07 Å². The second-order valence-electron chi connectivity index (χ2n) is 3.63. The van der Waals surface area contributed by atoms with Crippen LogP contribution in [0.15, 0.2) is 18.2 Å². The molecule has 0 bridgehead atoms. The summed E-state index contributed by atoms with van der Waals surface area (Å²) in [6, 6.07) is 4.83. The number of rotatable bonds is 4. The highest BCUT2D eigenvalue weighted by Gasteiger charge is 2.27. The number of nitrogens with two attached hydrogens (primary N) is 1. The number of alkyl halides is 3. The Bertz CT molecular complexity index is 416. The second kappa shape index (κ2) is 5.07. The molecule has 1 aromatic carbocycles. The van der Waals surface area contributed by atoms with Crippen molar-refractivity contribution >= 4 is 5.84 Å². The Morgan fingerprint density at radius 3 is 2.59 bits per heavy atom. The molecule has 94 valence electrons. The van der Waals surface area contributed by atoms with E-state index in [4.69, 9.17) is 15.9 Å². The first-order valence-corrected chi connectivity index (χ1v) is 4.94. The van der Waals surface area contributed by atoms with Crippen molar-refractivity contribution in [1.29, 1.82) is 5.41 Å². The van der Waals surface area contributed by atoms with E-state index in [9.17, 15) is 13.2 Å². The molecule has 17 heavy (non-hydrogen) atoms. The summed E-state index contributed by atoms with van der Waals surface area (Å²) in [7, 11) is 0. The van der Waals surface area contributed by atoms with Crippen LogP contribution in [0.3, 0.4) is 0 Å². The fourth-order valence-electron chi connectivity index (χ4n) is 1.25. The van der Waals surface area contributed by atoms with Crippen molar-refractivity contribution in [3.8, 4) is 5.75 Å². The number of hydrogen-bond acceptors (Lipinski definition) is 2. The van der Waals surface area contributed by atoms with Gasteiger partial charge >= 0.3 is 6.18 Å². The molecule has 0 unspecified atom stereocenters. The number of nitrogens with one attached hydrogen (secondary N) is 1. The molecule has 0 radical (unpaired) electrons. The van der Waals surface area contributed by atoms with Crippen LogP contribution in [0.5, 0.6) is 5.75 Å². The zero-order chi connectivity index (χ0) is 13.1. The van der Waals surface area contributed by atoms with Crippen LogP contribution in [-0.4, -0.2) is 18.6 Å². The number of aryl methyl sites for hydroxylation is 1. The summed E-state index contributed by atoms with van der Waals surface area (Å²) in [5.74, 6) is -0.0197. The van der Waals surface area contributed by atoms with Gasteiger partial charge in [0.25, 0.3) is 0 Å². The van der Waals surface area contributed by atoms with E-state index in [-0.39, 0.29) is 11.6 Å². The molecular weight excluding hydrogens is 233 g/mol. The highest BCUT2D eigenvalue weighted by molar-refractivity contribution is 5.97. The normalized spacial score (nSPS) is 11.3. The maximum atomic E-state index is 11.9. The predicted molar refractivity (Wildman–Crippen MR) is 58.4 cm³/mol. The Morgan fingerprint density at radius 2 is 2.06 bits per heavy atom. The summed E-state index contributed by atoms with van der Waals surface area (Å²) in [6.45, 7) is 1.30. The largest absolute Gasteiger partial charge is 0.492 e. The molecule has 0 heterocycles. The van der Waals surface area contributed by atoms with E-state index in [2.05, 4.69) is 0 Å². The molecule has 3 N–H and O–H groups in total. The zero-order valence-corrected chi connectivity index (χ0v) is 9.27. The van der Waals surface area contributed by atoms with Crippen LogP contribution in [0.25, 0.3) is 0 Å². The van der Waals surface area contributed by atoms with E-state index in [0.717, 1.165) is 5.56 Å². The van der Waals surface area contributed by atoms with Gasteiger partial charge in [-0.25, -0.2) is 0 Å². The second-order valence-corrected chi connectivity index (χ2v) is 3.63. The van der Waals surface area contributed by atoms with E-state index in [1.165, 1.54) is 0 Å². The van der Waals surface area contributed by atoms with E-state index >= 15 is 0 Å². The number of amidine groups is 1. The minimum absolute atomic E-state index is 0.210. The molecule has 0 aliphatic heterocycles. The van der Waals surface area contributed by atoms with Gasteiger partial charge in [0.2, 0.25) is 0 Å². The monoisotopic (exact) mass is 246 g/mol. The number of halogens is 3. The molecule has 1 rings (SSSR count). The molecule has 3 nitrogen and oxygen atoms in total. The van der Waals surface area contributed by atoms with Crippen LogP contribution in [-0.2, 0) is 0 Å². The average Bonchev–Trinajstić information content (AvgIpc) is 2.15. The van der Waals surface area contributed by atoms with Crippen molar-refractivity contribution in [2.24, 2.45) is 5.73 Å². The minimum atomic E-state index is -4.25. The molecule has 0 fully saturated rings. The molecule has 6 heteroatoms. The number of benzene rings is 1. The molecule has 0 aliphatic carbocycles. The third-order valence-electron chi connectivity index (χ3n) is 2.07. The van der Waals surface area contributed by atoms with Crippen molar-refractivity contribution < 1.29 is 17.9 Å². The quantitative estimate of drug-likeness (QED) is 0.633. The van der Waals surface area contributed by atoms with Gasteiger partial charge in [0.1, 0.15) is 11.6 Å². The summed E-state index contributed by atoms with van der Waals surface area (Å²) < 4.78 is 40.9. The van der Waals surface area contributed by atoms with Gasteiger partial charge in [0.15, 0.2) is 0 Å². The smallest absolute Gasteiger partial charge is 0.392 e. The molecule has 0 atom stereocenters. The van der Waals surface area contributed by atoms with E-state index in [0.29, 0.717) is 5.56 Å². The summed E-state index contributed by atoms with van der Waals surface area (Å²) >= 11 is 0. The topological polar surface area (TPSA) is 59.1 Å². The van der Waals surface area contributed by atoms with Crippen molar-refractivity contribution in [2.45, 2.75) is 19.5 Å². The lowest BCUT2D eigenvalue weighted by atomic mass is 10.1. The highest BCUT2D eigenvalue weighted by Crippen LogP contribution is 2.23. The lowest BCUT2D eigenvalue weighted by Gasteiger charge is -2.12. The lowest BCUT2D eigenvalue weighted by Crippen LogP contribution is -2.16. The van der Waals surface area contributed by atoms with Crippen molar-refractivity contribution in [3.05, 3.63) is 29.3 Å². The summed E-state index contributed by atoms with van der Waals surface area (Å²) in [5, 5.41) is 7.28. The summed E-state index contributed by atoms with van der Waals surface area (Å²) in [4.78, 5) is 0. The van der Waals surface area contributed by atoms with Gasteiger partial charge in [-0.15, -0.1) is 0 Å². The fraction of sp³-hybridized carbons (Fsp3) is 0.364. The zero-order valence-electron chi connectivity index (χ0n) is 9.27. The maximum absolute atomic E-state index is 11.9. The van der Waals surface area contributed by atoms with Gasteiger partial charge in [0.05, 0.1) is 18.6 Å². The van der Waals surface area contributed by atoms with Crippen molar-refractivity contribution in [1.82, 2.24) is 0 Å². The standard InChI is InChI=1S/C11H13F3N2O/c1-7-2-3-8(10(15)16)9(6-7)17-5-4-11(12,13)14/h2-3,6H,4-5H2,1H3,(H3,15,16). The van der Waals surface area contributed by atoms with Crippen LogP contribution >= 0.6 is 0 Å². The molecule has 0 aliphatic rings. The van der Waals surface area contributed by atoms with Crippen LogP contribution in [0.1, 0.15) is 17.5 Å². The lowest BCUT2D eigenvalue weighted by molar-refractivity contribution is -0.139. The van der Waals surface area contributed by atoms with Crippen LogP contribution in [0.2, 0.25) is 0 Å². The van der Waals surface area contributed by atoms with E-state index in [1.807, 2.05) is 0 Å². The maximum Gasteiger partial charge on any atom is 0.392 e. The van der Waals surface area contributed by atoms with Gasteiger partial charge in [-0.3, -0.25) is 5.41 Å². The third kappa shape index (κ3) is 4.34. The molecule has 0 saturated heterocycles. The first-order chi connectivity index (χ1) is 7.79. The highest BCUT2D eigenvalue weighted by atomic mass is 19.4. The third-order valence-corrected chi connectivity index (χ3v) is 2.07. The van der Waals surface area contributed by atoms with Crippen molar-refractivity contribution in [3.63, 3.8) is 0 Å². The Labute approximate surface area is 96.9 Å². The molecule has 0 spiro atoms. The number of hydrogen-bond donors (Lipinski definition) is 2. The Hall–Kier alpha value is -1.72. The van der Waals surface area contributed by atoms with E-state index < -0.39 is 19.2 Å². The predicted octanol–water partition coefficient (Wildman–Crippen LogP) is 2.61. The first-order valence-electron chi connectivity index (χ1n) is 4.94. The summed E-state index contributed by atoms with van der Waals surface area (Å²) in [5.41, 5.74) is 6.44. The molecule has 0 aromatic heterocycles. The Balaban J connectivity index is 2.75. The Morgan fingerprint density at radius 1 is 1.41 bits per heavy atom. The average molecular weight is 246 g/mol. The number of nitrogen functional groups attached to an aromatic ring is 1. The fourth-order valence-corrected chi connectivity index (χ4v) is 1.25. The molecule has 0 saturated carbocycles. The summed E-state index contributed by atoms with van der Waals surface area (Å²) in [6.07, 6.45) is -5.28. The van der Waals surface area contributed by atoms with E-state index in [1.54, 1.807) is 25.1 Å². The first kappa shape index (κ1) is 13.3. The van der Waals surface area contributed by atoms with Gasteiger partial charge in [-0.2, -0.15) is 13.2 Å². The Kier molecular flexibility index (Phi) is 3.98. The van der Waals surface area contributed by atoms with Gasteiger partial charge in [0, 0.05) is 0 Å². The molecular formula is C11H13F3N2O. The van der Waals surface area contributed by atoms with Gasteiger partial charge < -0.3 is 10.5 Å². The number of ether oxygens (including phenoxy) is 1. The van der Waals surface area contributed by atoms with Crippen LogP contribution in [0.4, 0.5) is 13.2 Å². The van der Waals surface area contributed by atoms with Crippen molar-refractivity contribution in [2.75, 3.05) is 6.61 Å². The van der Waals surface area contributed by atoms with Crippen LogP contribution < -0.4 is 10.5 Å². The minimum Gasteiger partial charge on any atom is -0.492 e. The molecule has 1 aromatic rings. The SMILES string of the molecule is Cc1ccc(C(=N)N)c(OCCC(F)(F)F)c1. The van der Waals surface area contributed by atoms with Gasteiger partial charge in [-0.05, 0) is 24.6 Å². The molecule has 0 amide bonds. The van der Waals surface area contributed by atoms with Crippen LogP contribution in [0, 0.1) is 12.3 Å².